The summed E-state index contributed by atoms with van der Waals surface area (Å²) in [4.78, 5) is 23.8. The number of hydrogen-bond acceptors (Lipinski definition) is 2. The predicted octanol–water partition coefficient (Wildman–Crippen LogP) is 5.60. The summed E-state index contributed by atoms with van der Waals surface area (Å²) in [7, 11) is 0. The van der Waals surface area contributed by atoms with E-state index in [1.165, 1.54) is 36.4 Å². The third-order valence-corrected chi connectivity index (χ3v) is 4.09. The first-order chi connectivity index (χ1) is 12.2. The maximum Gasteiger partial charge on any atom is 0.422 e. The largest absolute Gasteiger partial charge is 0.422 e. The summed E-state index contributed by atoms with van der Waals surface area (Å²) in [6.45, 7) is 0. The van der Waals surface area contributed by atoms with Gasteiger partial charge >= 0.3 is 12.2 Å². The van der Waals surface area contributed by atoms with Crippen LogP contribution in [0, 0.1) is 0 Å². The van der Waals surface area contributed by atoms with Crippen LogP contribution in [0.4, 0.5) is 23.7 Å². The number of carbonyl (C=O) groups is 2. The Morgan fingerprint density at radius 1 is 1.04 bits per heavy atom. The fourth-order valence-electron chi connectivity index (χ4n) is 1.87. The average molecular weight is 448 g/mol. The minimum atomic E-state index is -4.48. The van der Waals surface area contributed by atoms with Crippen LogP contribution in [0.1, 0.15) is 15.9 Å². The molecule has 0 bridgehead atoms. The van der Waals surface area contributed by atoms with Crippen LogP contribution < -0.4 is 10.6 Å². The van der Waals surface area contributed by atoms with Crippen LogP contribution in [0.25, 0.3) is 6.08 Å². The Hall–Kier alpha value is -2.32. The zero-order valence-corrected chi connectivity index (χ0v) is 15.2. The number of imide groups is 1. The molecule has 0 radical (unpaired) electrons. The van der Waals surface area contributed by atoms with Crippen molar-refractivity contribution in [3.05, 3.63) is 69.2 Å². The molecule has 2 N–H and O–H groups in total. The van der Waals surface area contributed by atoms with E-state index in [0.717, 1.165) is 6.08 Å². The van der Waals surface area contributed by atoms with E-state index in [0.29, 0.717) is 5.69 Å². The van der Waals surface area contributed by atoms with Crippen LogP contribution in [0.2, 0.25) is 5.02 Å². The average Bonchev–Trinajstić information content (AvgIpc) is 2.56. The van der Waals surface area contributed by atoms with Crippen molar-refractivity contribution in [2.45, 2.75) is 6.18 Å². The molecule has 0 spiro atoms. The van der Waals surface area contributed by atoms with Crippen molar-refractivity contribution in [2.75, 3.05) is 5.32 Å². The Morgan fingerprint density at radius 3 is 2.23 bits per heavy atom. The molecule has 0 aliphatic carbocycles. The van der Waals surface area contributed by atoms with E-state index in [-0.39, 0.29) is 16.1 Å². The van der Waals surface area contributed by atoms with Crippen molar-refractivity contribution >= 4 is 51.2 Å². The number of alkyl halides is 3. The highest BCUT2D eigenvalue weighted by Crippen LogP contribution is 2.32. The zero-order chi connectivity index (χ0) is 19.3. The monoisotopic (exact) mass is 446 g/mol. The van der Waals surface area contributed by atoms with Gasteiger partial charge in [-0.1, -0.05) is 35.9 Å². The number of halogens is 5. The third kappa shape index (κ3) is 5.60. The van der Waals surface area contributed by atoms with Gasteiger partial charge in [0, 0.05) is 5.69 Å². The molecule has 2 aromatic carbocycles. The Labute approximate surface area is 160 Å². The first kappa shape index (κ1) is 20.0. The summed E-state index contributed by atoms with van der Waals surface area (Å²) in [5, 5.41) is 4.71. The van der Waals surface area contributed by atoms with Crippen molar-refractivity contribution in [2.24, 2.45) is 0 Å². The van der Waals surface area contributed by atoms with E-state index in [1.54, 1.807) is 12.1 Å². The van der Waals surface area contributed by atoms with Gasteiger partial charge in [-0.3, -0.25) is 10.1 Å². The summed E-state index contributed by atoms with van der Waals surface area (Å²) in [6, 6.07) is 11.0. The molecule has 0 saturated heterocycles. The molecule has 0 atom stereocenters. The molecular weight excluding hydrogens is 437 g/mol. The quantitative estimate of drug-likeness (QED) is 0.643. The lowest BCUT2D eigenvalue weighted by atomic mass is 10.2. The lowest BCUT2D eigenvalue weighted by Crippen LogP contribution is -2.34. The normalized spacial score (nSPS) is 11.8. The van der Waals surface area contributed by atoms with Gasteiger partial charge in [0.25, 0.3) is 5.91 Å². The van der Waals surface area contributed by atoms with Crippen LogP contribution in [-0.4, -0.2) is 18.1 Å². The molecule has 26 heavy (non-hydrogen) atoms. The van der Waals surface area contributed by atoms with E-state index in [9.17, 15) is 22.8 Å². The van der Waals surface area contributed by atoms with Gasteiger partial charge in [0.2, 0.25) is 0 Å². The highest BCUT2D eigenvalue weighted by atomic mass is 79.9. The predicted molar refractivity (Wildman–Crippen MR) is 97.3 cm³/mol. The van der Waals surface area contributed by atoms with Gasteiger partial charge in [-0.05, 0) is 51.8 Å². The first-order valence-corrected chi connectivity index (χ1v) is 8.25. The van der Waals surface area contributed by atoms with E-state index in [2.05, 4.69) is 26.6 Å². The second kappa shape index (κ2) is 8.37. The van der Waals surface area contributed by atoms with Gasteiger partial charge in [-0.25, -0.2) is 4.79 Å². The van der Waals surface area contributed by atoms with Crippen LogP contribution >= 0.6 is 27.5 Å². The number of rotatable bonds is 3. The molecule has 0 heterocycles. The lowest BCUT2D eigenvalue weighted by Gasteiger charge is -2.08. The summed E-state index contributed by atoms with van der Waals surface area (Å²) >= 11 is 8.33. The number of nitrogens with one attached hydrogen (secondary N) is 2. The number of allylic oxidation sites excluding steroid dienone is 1. The van der Waals surface area contributed by atoms with Gasteiger partial charge < -0.3 is 5.32 Å². The molecule has 0 unspecified atom stereocenters. The maximum atomic E-state index is 12.5. The molecule has 9 heteroatoms. The molecule has 0 aromatic heterocycles. The fraction of sp³-hybridized carbons (Fsp3) is 0.0588. The SMILES string of the molecule is O=C(NC(=O)c1ccccc1Cl)Nc1ccc(C=C(Br)C(F)(F)F)cc1. The second-order valence-corrected chi connectivity index (χ2v) is 6.26. The molecule has 3 amide bonds. The Balaban J connectivity index is 2.00. The van der Waals surface area contributed by atoms with Crippen LogP contribution in [0.15, 0.2) is 53.0 Å². The summed E-state index contributed by atoms with van der Waals surface area (Å²) in [5.41, 5.74) is 0.726. The third-order valence-electron chi connectivity index (χ3n) is 3.08. The number of hydrogen-bond donors (Lipinski definition) is 2. The van der Waals surface area contributed by atoms with Crippen molar-refractivity contribution < 1.29 is 22.8 Å². The van der Waals surface area contributed by atoms with Crippen LogP contribution in [-0.2, 0) is 0 Å². The van der Waals surface area contributed by atoms with Crippen molar-refractivity contribution in [3.8, 4) is 0 Å². The van der Waals surface area contributed by atoms with Gasteiger partial charge in [0.05, 0.1) is 15.1 Å². The van der Waals surface area contributed by atoms with E-state index >= 15 is 0 Å². The molecule has 0 aliphatic heterocycles. The summed E-state index contributed by atoms with van der Waals surface area (Å²) in [6.07, 6.45) is -3.57. The topological polar surface area (TPSA) is 58.2 Å². The van der Waals surface area contributed by atoms with E-state index < -0.39 is 22.6 Å². The highest BCUT2D eigenvalue weighted by Gasteiger charge is 2.31. The van der Waals surface area contributed by atoms with Crippen LogP contribution in [0.5, 0.6) is 0 Å². The molecule has 2 aromatic rings. The minimum absolute atomic E-state index is 0.141. The molecular formula is C17H11BrClF3N2O2. The van der Waals surface area contributed by atoms with Gasteiger partial charge in [-0.15, -0.1) is 0 Å². The molecule has 0 aliphatic rings. The molecule has 0 saturated carbocycles. The van der Waals surface area contributed by atoms with Crippen molar-refractivity contribution in [3.63, 3.8) is 0 Å². The minimum Gasteiger partial charge on any atom is -0.308 e. The van der Waals surface area contributed by atoms with E-state index in [4.69, 9.17) is 11.6 Å². The smallest absolute Gasteiger partial charge is 0.308 e. The number of benzene rings is 2. The Bertz CT molecular complexity index is 852. The number of carbonyl (C=O) groups excluding carboxylic acids is 2. The fourth-order valence-corrected chi connectivity index (χ4v) is 2.35. The zero-order valence-electron chi connectivity index (χ0n) is 12.9. The van der Waals surface area contributed by atoms with Crippen LogP contribution in [0.3, 0.4) is 0 Å². The van der Waals surface area contributed by atoms with Crippen molar-refractivity contribution in [1.82, 2.24) is 5.32 Å². The number of urea groups is 1. The molecule has 0 fully saturated rings. The van der Waals surface area contributed by atoms with Gasteiger partial charge in [0.15, 0.2) is 0 Å². The first-order valence-electron chi connectivity index (χ1n) is 7.08. The molecule has 2 rings (SSSR count). The Kier molecular flexibility index (Phi) is 6.44. The van der Waals surface area contributed by atoms with Gasteiger partial charge in [-0.2, -0.15) is 13.2 Å². The standard InChI is InChI=1S/C17H11BrClF3N2O2/c18-14(17(20,21)22)9-10-5-7-11(8-6-10)23-16(26)24-15(25)12-3-1-2-4-13(12)19/h1-9H,(H2,23,24,25,26). The maximum absolute atomic E-state index is 12.5. The number of anilines is 1. The van der Waals surface area contributed by atoms with Crippen molar-refractivity contribution in [1.29, 1.82) is 0 Å². The van der Waals surface area contributed by atoms with E-state index in [1.807, 2.05) is 0 Å². The molecule has 136 valence electrons. The lowest BCUT2D eigenvalue weighted by molar-refractivity contribution is -0.0820. The highest BCUT2D eigenvalue weighted by molar-refractivity contribution is 9.11. The summed E-state index contributed by atoms with van der Waals surface area (Å²) in [5.74, 6) is -0.679. The summed E-state index contributed by atoms with van der Waals surface area (Å²) < 4.78 is 36.4. The number of amides is 3. The second-order valence-electron chi connectivity index (χ2n) is 5.00. The van der Waals surface area contributed by atoms with Gasteiger partial charge in [0.1, 0.15) is 0 Å². The Morgan fingerprint density at radius 2 is 1.65 bits per heavy atom. The molecule has 4 nitrogen and oxygen atoms in total.